The van der Waals surface area contributed by atoms with Gasteiger partial charge in [0.05, 0.1) is 30.7 Å². The minimum absolute atomic E-state index is 0.104. The van der Waals surface area contributed by atoms with Crippen LogP contribution in [0.4, 0.5) is 10.5 Å². The summed E-state index contributed by atoms with van der Waals surface area (Å²) in [5, 5.41) is 0. The van der Waals surface area contributed by atoms with E-state index in [2.05, 4.69) is 0 Å². The van der Waals surface area contributed by atoms with Crippen molar-refractivity contribution in [3.63, 3.8) is 0 Å². The number of hydrogen-bond donors (Lipinski definition) is 0. The molecule has 0 saturated carbocycles. The van der Waals surface area contributed by atoms with Gasteiger partial charge in [0.1, 0.15) is 11.3 Å². The Morgan fingerprint density at radius 1 is 0.800 bits per heavy atom. The Labute approximate surface area is 233 Å². The number of rotatable bonds is 5. The fourth-order valence-electron chi connectivity index (χ4n) is 6.79. The smallest absolute Gasteiger partial charge is 0.332 e. The molecule has 0 spiro atoms. The number of ether oxygens (including phenoxy) is 1. The van der Waals surface area contributed by atoms with Crippen molar-refractivity contribution < 1.29 is 23.9 Å². The molecule has 0 bridgehead atoms. The fraction of sp³-hybridized carbons (Fsp3) is 0.312. The number of imide groups is 2. The standard InChI is InChI=1S/C32H31N3O5/c1-31(2,3)35-27(36)24-25(28(35)37)32(19-20-11-7-5-8-12-20)29(38)33(22-13-9-6-10-14-22)30(39)34(32)26(24)21-15-17-23(40-4)18-16-21/h5-18,24-26H,19H2,1-4H3/t24-,25-,26-,32-/m1/s1. The highest BCUT2D eigenvalue weighted by Gasteiger charge is 2.77. The number of amides is 5. The van der Waals surface area contributed by atoms with Crippen LogP contribution in [0.1, 0.15) is 37.9 Å². The van der Waals surface area contributed by atoms with Crippen LogP contribution in [0.2, 0.25) is 0 Å². The number of urea groups is 1. The first kappa shape index (κ1) is 25.8. The summed E-state index contributed by atoms with van der Waals surface area (Å²) in [6.45, 7) is 5.43. The van der Waals surface area contributed by atoms with E-state index >= 15 is 0 Å². The molecule has 4 atom stereocenters. The Bertz CT molecular complexity index is 1500. The summed E-state index contributed by atoms with van der Waals surface area (Å²) < 4.78 is 5.34. The average Bonchev–Trinajstić information content (AvgIpc) is 3.47. The number of para-hydroxylation sites is 1. The van der Waals surface area contributed by atoms with Crippen LogP contribution in [0.3, 0.4) is 0 Å². The van der Waals surface area contributed by atoms with E-state index in [0.29, 0.717) is 17.0 Å². The number of benzene rings is 3. The zero-order chi connectivity index (χ0) is 28.4. The molecule has 3 heterocycles. The quantitative estimate of drug-likeness (QED) is 0.351. The SMILES string of the molecule is COc1ccc([C@@H]2[C@@H]3C(=O)N(C(C)(C)C)C(=O)[C@@H]3[C@]3(Cc4ccccc4)C(=O)N(c4ccccc4)C(=O)N23)cc1. The third-order valence-corrected chi connectivity index (χ3v) is 8.34. The van der Waals surface area contributed by atoms with Gasteiger partial charge in [0.15, 0.2) is 0 Å². The summed E-state index contributed by atoms with van der Waals surface area (Å²) in [7, 11) is 1.56. The van der Waals surface area contributed by atoms with Gasteiger partial charge in [-0.15, -0.1) is 0 Å². The van der Waals surface area contributed by atoms with Gasteiger partial charge in [-0.05, 0) is 56.2 Å². The molecule has 0 aliphatic carbocycles. The Morgan fingerprint density at radius 2 is 1.40 bits per heavy atom. The average molecular weight is 538 g/mol. The van der Waals surface area contributed by atoms with Crippen LogP contribution >= 0.6 is 0 Å². The van der Waals surface area contributed by atoms with Crippen molar-refractivity contribution in [3.05, 3.63) is 96.1 Å². The van der Waals surface area contributed by atoms with E-state index in [1.54, 1.807) is 55.6 Å². The number of methoxy groups -OCH3 is 1. The number of hydrogen-bond acceptors (Lipinski definition) is 5. The first-order valence-corrected chi connectivity index (χ1v) is 13.4. The Hall–Kier alpha value is -4.46. The lowest BCUT2D eigenvalue weighted by molar-refractivity contribution is -0.149. The second-order valence-electron chi connectivity index (χ2n) is 11.6. The first-order chi connectivity index (χ1) is 19.1. The van der Waals surface area contributed by atoms with E-state index in [9.17, 15) is 19.2 Å². The lowest BCUT2D eigenvalue weighted by atomic mass is 9.75. The van der Waals surface area contributed by atoms with Crippen molar-refractivity contribution in [1.29, 1.82) is 0 Å². The van der Waals surface area contributed by atoms with Crippen molar-refractivity contribution in [3.8, 4) is 5.75 Å². The molecule has 8 nitrogen and oxygen atoms in total. The van der Waals surface area contributed by atoms with Crippen molar-refractivity contribution in [2.75, 3.05) is 12.0 Å². The van der Waals surface area contributed by atoms with Crippen LogP contribution in [0, 0.1) is 11.8 Å². The molecular weight excluding hydrogens is 506 g/mol. The van der Waals surface area contributed by atoms with Crippen LogP contribution in [-0.2, 0) is 20.8 Å². The van der Waals surface area contributed by atoms with Gasteiger partial charge in [-0.3, -0.25) is 19.3 Å². The summed E-state index contributed by atoms with van der Waals surface area (Å²) in [5.41, 5.74) is -0.498. The summed E-state index contributed by atoms with van der Waals surface area (Å²) in [4.78, 5) is 61.6. The third-order valence-electron chi connectivity index (χ3n) is 8.34. The highest BCUT2D eigenvalue weighted by atomic mass is 16.5. The molecule has 3 aliphatic heterocycles. The summed E-state index contributed by atoms with van der Waals surface area (Å²) in [6, 6.07) is 23.9. The lowest BCUT2D eigenvalue weighted by Gasteiger charge is -2.38. The number of carbonyl (C=O) groups is 4. The van der Waals surface area contributed by atoms with E-state index in [0.717, 1.165) is 5.56 Å². The molecule has 3 fully saturated rings. The Kier molecular flexibility index (Phi) is 5.83. The molecule has 8 heteroatoms. The highest BCUT2D eigenvalue weighted by Crippen LogP contribution is 2.60. The second kappa shape index (κ2) is 9.05. The van der Waals surface area contributed by atoms with Gasteiger partial charge >= 0.3 is 6.03 Å². The summed E-state index contributed by atoms with van der Waals surface area (Å²) in [5.74, 6) is -2.61. The monoisotopic (exact) mass is 537 g/mol. The van der Waals surface area contributed by atoms with Crippen molar-refractivity contribution in [2.45, 2.75) is 44.3 Å². The molecule has 3 aliphatic rings. The zero-order valence-corrected chi connectivity index (χ0v) is 22.9. The number of likely N-dealkylation sites (tertiary alicyclic amines) is 1. The van der Waals surface area contributed by atoms with Crippen molar-refractivity contribution in [1.82, 2.24) is 9.80 Å². The van der Waals surface area contributed by atoms with Gasteiger partial charge in [-0.1, -0.05) is 60.7 Å². The minimum atomic E-state index is -1.59. The molecule has 3 saturated heterocycles. The van der Waals surface area contributed by atoms with Gasteiger partial charge in [-0.2, -0.15) is 0 Å². The number of anilines is 1. The van der Waals surface area contributed by atoms with Crippen LogP contribution in [0.5, 0.6) is 5.75 Å². The van der Waals surface area contributed by atoms with E-state index < -0.39 is 46.8 Å². The molecule has 40 heavy (non-hydrogen) atoms. The predicted octanol–water partition coefficient (Wildman–Crippen LogP) is 4.60. The van der Waals surface area contributed by atoms with Crippen molar-refractivity contribution in [2.24, 2.45) is 11.8 Å². The van der Waals surface area contributed by atoms with E-state index in [-0.39, 0.29) is 12.3 Å². The normalized spacial score (nSPS) is 26.0. The summed E-state index contributed by atoms with van der Waals surface area (Å²) in [6.07, 6.45) is 0.104. The molecular formula is C32H31N3O5. The maximum absolute atomic E-state index is 14.7. The summed E-state index contributed by atoms with van der Waals surface area (Å²) >= 11 is 0. The third kappa shape index (κ3) is 3.51. The van der Waals surface area contributed by atoms with Gasteiger partial charge in [-0.25, -0.2) is 9.69 Å². The molecule has 3 aromatic carbocycles. The minimum Gasteiger partial charge on any atom is -0.497 e. The van der Waals surface area contributed by atoms with E-state index in [1.165, 1.54) is 14.7 Å². The van der Waals surface area contributed by atoms with Crippen LogP contribution in [0.15, 0.2) is 84.9 Å². The number of fused-ring (bicyclic) bond motifs is 3. The van der Waals surface area contributed by atoms with Gasteiger partial charge in [0, 0.05) is 12.0 Å². The predicted molar refractivity (Wildman–Crippen MR) is 148 cm³/mol. The topological polar surface area (TPSA) is 87.2 Å². The molecule has 6 rings (SSSR count). The maximum atomic E-state index is 14.7. The molecule has 0 N–H and O–H groups in total. The van der Waals surface area contributed by atoms with Crippen LogP contribution in [-0.4, -0.2) is 51.7 Å². The Morgan fingerprint density at radius 3 is 1.98 bits per heavy atom. The molecule has 204 valence electrons. The fourth-order valence-corrected chi connectivity index (χ4v) is 6.79. The first-order valence-electron chi connectivity index (χ1n) is 13.4. The molecule has 0 unspecified atom stereocenters. The Balaban J connectivity index is 1.62. The second-order valence-corrected chi connectivity index (χ2v) is 11.6. The van der Waals surface area contributed by atoms with Gasteiger partial charge < -0.3 is 9.64 Å². The van der Waals surface area contributed by atoms with E-state index in [1.807, 2.05) is 57.2 Å². The number of carbonyl (C=O) groups excluding carboxylic acids is 4. The van der Waals surface area contributed by atoms with Gasteiger partial charge in [0.2, 0.25) is 11.8 Å². The lowest BCUT2D eigenvalue weighted by Crippen LogP contribution is -2.57. The molecule has 5 amide bonds. The van der Waals surface area contributed by atoms with Gasteiger partial charge in [0.25, 0.3) is 5.91 Å². The maximum Gasteiger partial charge on any atom is 0.332 e. The molecule has 0 aromatic heterocycles. The zero-order valence-electron chi connectivity index (χ0n) is 22.9. The highest BCUT2D eigenvalue weighted by molar-refractivity contribution is 6.27. The van der Waals surface area contributed by atoms with Crippen molar-refractivity contribution >= 4 is 29.4 Å². The van der Waals surface area contributed by atoms with Crippen LogP contribution < -0.4 is 9.64 Å². The molecule has 0 radical (unpaired) electrons. The van der Waals surface area contributed by atoms with E-state index in [4.69, 9.17) is 4.74 Å². The largest absolute Gasteiger partial charge is 0.497 e. The van der Waals surface area contributed by atoms with Crippen LogP contribution in [0.25, 0.3) is 0 Å². The number of nitrogens with zero attached hydrogens (tertiary/aromatic N) is 3. The molecule has 3 aromatic rings.